The molecule has 1 aromatic carbocycles. The Morgan fingerprint density at radius 3 is 2.56 bits per heavy atom. The van der Waals surface area contributed by atoms with Crippen molar-refractivity contribution in [3.8, 4) is 0 Å². The van der Waals surface area contributed by atoms with Crippen LogP contribution in [0.2, 0.25) is 0 Å². The number of hydrogen-bond acceptors (Lipinski definition) is 4. The van der Waals surface area contributed by atoms with Crippen molar-refractivity contribution in [1.82, 2.24) is 4.90 Å². The number of anilines is 2. The molecule has 0 saturated carbocycles. The van der Waals surface area contributed by atoms with Gasteiger partial charge in [0.05, 0.1) is 0 Å². The summed E-state index contributed by atoms with van der Waals surface area (Å²) in [6.45, 7) is 1.91. The molecule has 25 heavy (non-hydrogen) atoms. The summed E-state index contributed by atoms with van der Waals surface area (Å²) in [5.74, 6) is -0.818. The molecule has 134 valence electrons. The van der Waals surface area contributed by atoms with Crippen molar-refractivity contribution in [2.24, 2.45) is 0 Å². The molecule has 7 heteroatoms. The SMILES string of the molecule is O=C(CCN1CCCC1C(=O)O)Nc1ccc(N2CCCC2=O)cc1. The number of amides is 2. The van der Waals surface area contributed by atoms with Crippen molar-refractivity contribution in [3.63, 3.8) is 0 Å². The van der Waals surface area contributed by atoms with Crippen LogP contribution in [0.25, 0.3) is 0 Å². The summed E-state index contributed by atoms with van der Waals surface area (Å²) >= 11 is 0. The van der Waals surface area contributed by atoms with Gasteiger partial charge in [0.1, 0.15) is 6.04 Å². The number of carbonyl (C=O) groups is 3. The van der Waals surface area contributed by atoms with E-state index in [-0.39, 0.29) is 18.2 Å². The zero-order valence-corrected chi connectivity index (χ0v) is 14.1. The lowest BCUT2D eigenvalue weighted by molar-refractivity contribution is -0.142. The van der Waals surface area contributed by atoms with E-state index < -0.39 is 12.0 Å². The summed E-state index contributed by atoms with van der Waals surface area (Å²) in [5, 5.41) is 12.0. The third-order valence-electron chi connectivity index (χ3n) is 4.81. The summed E-state index contributed by atoms with van der Waals surface area (Å²) in [6, 6.07) is 6.77. The third kappa shape index (κ3) is 4.17. The molecule has 0 radical (unpaired) electrons. The molecule has 0 bridgehead atoms. The number of carboxylic acids is 1. The predicted octanol–water partition coefficient (Wildman–Crippen LogP) is 1.69. The number of hydrogen-bond donors (Lipinski definition) is 2. The molecule has 0 aliphatic carbocycles. The van der Waals surface area contributed by atoms with Crippen LogP contribution < -0.4 is 10.2 Å². The minimum atomic E-state index is -0.815. The number of carboxylic acid groups (broad SMARTS) is 1. The fourth-order valence-electron chi connectivity index (χ4n) is 3.49. The lowest BCUT2D eigenvalue weighted by Crippen LogP contribution is -2.37. The first-order valence-electron chi connectivity index (χ1n) is 8.72. The number of rotatable bonds is 6. The van der Waals surface area contributed by atoms with Crippen LogP contribution >= 0.6 is 0 Å². The van der Waals surface area contributed by atoms with E-state index in [0.29, 0.717) is 25.1 Å². The molecular formula is C18H23N3O4. The minimum absolute atomic E-state index is 0.135. The molecule has 2 fully saturated rings. The van der Waals surface area contributed by atoms with Gasteiger partial charge in [-0.3, -0.25) is 19.3 Å². The van der Waals surface area contributed by atoms with Crippen LogP contribution in [-0.2, 0) is 14.4 Å². The summed E-state index contributed by atoms with van der Waals surface area (Å²) in [5.41, 5.74) is 1.53. The first kappa shape index (κ1) is 17.4. The van der Waals surface area contributed by atoms with Crippen molar-refractivity contribution in [2.75, 3.05) is 29.9 Å². The highest BCUT2D eigenvalue weighted by Crippen LogP contribution is 2.23. The predicted molar refractivity (Wildman–Crippen MR) is 93.5 cm³/mol. The van der Waals surface area contributed by atoms with Crippen LogP contribution in [0.4, 0.5) is 11.4 Å². The van der Waals surface area contributed by atoms with E-state index in [0.717, 1.165) is 31.6 Å². The third-order valence-corrected chi connectivity index (χ3v) is 4.81. The lowest BCUT2D eigenvalue weighted by atomic mass is 10.2. The van der Waals surface area contributed by atoms with Gasteiger partial charge >= 0.3 is 5.97 Å². The normalized spacial score (nSPS) is 20.9. The number of nitrogens with zero attached hydrogens (tertiary/aromatic N) is 2. The maximum absolute atomic E-state index is 12.1. The number of nitrogens with one attached hydrogen (secondary N) is 1. The Morgan fingerprint density at radius 1 is 1.16 bits per heavy atom. The maximum atomic E-state index is 12.1. The molecule has 1 atom stereocenters. The highest BCUT2D eigenvalue weighted by Gasteiger charge is 2.30. The summed E-state index contributed by atoms with van der Waals surface area (Å²) in [4.78, 5) is 38.6. The van der Waals surface area contributed by atoms with Crippen LogP contribution in [0.1, 0.15) is 32.1 Å². The van der Waals surface area contributed by atoms with Crippen molar-refractivity contribution >= 4 is 29.2 Å². The lowest BCUT2D eigenvalue weighted by Gasteiger charge is -2.20. The van der Waals surface area contributed by atoms with E-state index in [1.165, 1.54) is 0 Å². The van der Waals surface area contributed by atoms with Gasteiger partial charge in [-0.05, 0) is 50.1 Å². The Morgan fingerprint density at radius 2 is 1.92 bits per heavy atom. The van der Waals surface area contributed by atoms with E-state index >= 15 is 0 Å². The average molecular weight is 345 g/mol. The second-order valence-corrected chi connectivity index (χ2v) is 6.53. The van der Waals surface area contributed by atoms with Crippen molar-refractivity contribution in [1.29, 1.82) is 0 Å². The zero-order chi connectivity index (χ0) is 17.8. The summed E-state index contributed by atoms with van der Waals surface area (Å²) in [6.07, 6.45) is 3.23. The van der Waals surface area contributed by atoms with Crippen LogP contribution in [-0.4, -0.2) is 53.5 Å². The second kappa shape index (κ2) is 7.65. The molecule has 7 nitrogen and oxygen atoms in total. The van der Waals surface area contributed by atoms with E-state index in [4.69, 9.17) is 5.11 Å². The van der Waals surface area contributed by atoms with E-state index in [2.05, 4.69) is 5.32 Å². The standard InChI is InChI=1S/C18H23N3O4/c22-16(9-12-20-10-1-3-15(20)18(24)25)19-13-5-7-14(8-6-13)21-11-2-4-17(21)23/h5-8,15H,1-4,9-12H2,(H,19,22)(H,24,25). The smallest absolute Gasteiger partial charge is 0.320 e. The summed E-state index contributed by atoms with van der Waals surface area (Å²) in [7, 11) is 0. The van der Waals surface area contributed by atoms with Gasteiger partial charge < -0.3 is 15.3 Å². The molecule has 2 N–H and O–H groups in total. The molecule has 0 aromatic heterocycles. The number of carbonyl (C=O) groups excluding carboxylic acids is 2. The minimum Gasteiger partial charge on any atom is -0.480 e. The molecule has 1 aromatic rings. The van der Waals surface area contributed by atoms with E-state index in [9.17, 15) is 14.4 Å². The van der Waals surface area contributed by atoms with Gasteiger partial charge in [-0.1, -0.05) is 0 Å². The monoisotopic (exact) mass is 345 g/mol. The number of aliphatic carboxylic acids is 1. The van der Waals surface area contributed by atoms with Gasteiger partial charge in [0.15, 0.2) is 0 Å². The Hall–Kier alpha value is -2.41. The Bertz CT molecular complexity index is 659. The first-order valence-corrected chi connectivity index (χ1v) is 8.72. The Labute approximate surface area is 146 Å². The van der Waals surface area contributed by atoms with Gasteiger partial charge in [0.25, 0.3) is 0 Å². The van der Waals surface area contributed by atoms with Gasteiger partial charge in [0, 0.05) is 37.3 Å². The second-order valence-electron chi connectivity index (χ2n) is 6.53. The largest absolute Gasteiger partial charge is 0.480 e. The molecule has 2 amide bonds. The fraction of sp³-hybridized carbons (Fsp3) is 0.500. The van der Waals surface area contributed by atoms with Gasteiger partial charge in [-0.25, -0.2) is 0 Å². The first-order chi connectivity index (χ1) is 12.0. The Kier molecular flexibility index (Phi) is 5.33. The van der Waals surface area contributed by atoms with Crippen molar-refractivity contribution < 1.29 is 19.5 Å². The highest BCUT2D eigenvalue weighted by atomic mass is 16.4. The van der Waals surface area contributed by atoms with Crippen molar-refractivity contribution in [3.05, 3.63) is 24.3 Å². The molecular weight excluding hydrogens is 322 g/mol. The van der Waals surface area contributed by atoms with Crippen LogP contribution in [0, 0.1) is 0 Å². The van der Waals surface area contributed by atoms with Crippen LogP contribution in [0.15, 0.2) is 24.3 Å². The quantitative estimate of drug-likeness (QED) is 0.819. The van der Waals surface area contributed by atoms with Crippen LogP contribution in [0.3, 0.4) is 0 Å². The average Bonchev–Trinajstić information content (AvgIpc) is 3.22. The van der Waals surface area contributed by atoms with E-state index in [1.807, 2.05) is 17.0 Å². The molecule has 2 saturated heterocycles. The number of likely N-dealkylation sites (tertiary alicyclic amines) is 1. The summed E-state index contributed by atoms with van der Waals surface area (Å²) < 4.78 is 0. The maximum Gasteiger partial charge on any atom is 0.320 e. The van der Waals surface area contributed by atoms with Gasteiger partial charge in [0.2, 0.25) is 11.8 Å². The van der Waals surface area contributed by atoms with E-state index in [1.54, 1.807) is 17.0 Å². The molecule has 3 rings (SSSR count). The Balaban J connectivity index is 1.49. The molecule has 2 aliphatic rings. The fourth-order valence-corrected chi connectivity index (χ4v) is 3.49. The molecule has 1 unspecified atom stereocenters. The van der Waals surface area contributed by atoms with Gasteiger partial charge in [-0.2, -0.15) is 0 Å². The van der Waals surface area contributed by atoms with Gasteiger partial charge in [-0.15, -0.1) is 0 Å². The molecule has 2 heterocycles. The molecule has 0 spiro atoms. The zero-order valence-electron chi connectivity index (χ0n) is 14.1. The van der Waals surface area contributed by atoms with Crippen LogP contribution in [0.5, 0.6) is 0 Å². The highest BCUT2D eigenvalue weighted by molar-refractivity contribution is 5.96. The number of benzene rings is 1. The van der Waals surface area contributed by atoms with Crippen molar-refractivity contribution in [2.45, 2.75) is 38.1 Å². The topological polar surface area (TPSA) is 89.9 Å². The molecule has 2 aliphatic heterocycles.